The minimum atomic E-state index is -0.151. The summed E-state index contributed by atoms with van der Waals surface area (Å²) in [6, 6.07) is 4.91. The maximum atomic E-state index is 12.0. The van der Waals surface area contributed by atoms with Gasteiger partial charge < -0.3 is 4.74 Å². The van der Waals surface area contributed by atoms with E-state index in [0.29, 0.717) is 35.1 Å². The molecule has 0 amide bonds. The molecule has 1 aromatic rings. The van der Waals surface area contributed by atoms with Crippen molar-refractivity contribution in [2.24, 2.45) is 0 Å². The molecule has 0 fully saturated rings. The quantitative estimate of drug-likeness (QED) is 0.360. The second kappa shape index (κ2) is 9.80. The molecule has 1 rings (SSSR count). The third-order valence-electron chi connectivity index (χ3n) is 3.07. The van der Waals surface area contributed by atoms with E-state index in [0.717, 1.165) is 25.7 Å². The summed E-state index contributed by atoms with van der Waals surface area (Å²) >= 11 is 11.8. The number of hydrogen-bond acceptors (Lipinski definition) is 3. The lowest BCUT2D eigenvalue weighted by Gasteiger charge is -2.04. The number of carbonyl (C=O) groups excluding carboxylic acids is 2. The van der Waals surface area contributed by atoms with E-state index in [1.807, 2.05) is 0 Å². The summed E-state index contributed by atoms with van der Waals surface area (Å²) in [7, 11) is 0. The molecule has 21 heavy (non-hydrogen) atoms. The van der Waals surface area contributed by atoms with Crippen molar-refractivity contribution in [1.82, 2.24) is 0 Å². The first-order valence-electron chi connectivity index (χ1n) is 7.18. The largest absolute Gasteiger partial charge is 0.466 e. The van der Waals surface area contributed by atoms with Crippen LogP contribution in [0.25, 0.3) is 0 Å². The van der Waals surface area contributed by atoms with E-state index in [4.69, 9.17) is 27.9 Å². The van der Waals surface area contributed by atoms with Crippen LogP contribution in [0.3, 0.4) is 0 Å². The molecule has 5 heteroatoms. The lowest BCUT2D eigenvalue weighted by Crippen LogP contribution is -2.03. The van der Waals surface area contributed by atoms with Crippen LogP contribution >= 0.6 is 23.2 Å². The smallest absolute Gasteiger partial charge is 0.305 e. The fraction of sp³-hybridized carbons (Fsp3) is 0.500. The summed E-state index contributed by atoms with van der Waals surface area (Å²) in [5.41, 5.74) is 0.521. The third kappa shape index (κ3) is 6.96. The van der Waals surface area contributed by atoms with E-state index in [1.165, 1.54) is 0 Å². The maximum absolute atomic E-state index is 12.0. The summed E-state index contributed by atoms with van der Waals surface area (Å²) < 4.78 is 4.85. The van der Waals surface area contributed by atoms with Gasteiger partial charge in [0.1, 0.15) is 0 Å². The van der Waals surface area contributed by atoms with Gasteiger partial charge in [-0.25, -0.2) is 0 Å². The van der Waals surface area contributed by atoms with Gasteiger partial charge in [-0.15, -0.1) is 0 Å². The highest BCUT2D eigenvalue weighted by atomic mass is 35.5. The highest BCUT2D eigenvalue weighted by Gasteiger charge is 2.10. The van der Waals surface area contributed by atoms with Crippen LogP contribution in [0.1, 0.15) is 55.8 Å². The van der Waals surface area contributed by atoms with Gasteiger partial charge in [-0.3, -0.25) is 9.59 Å². The molecule has 0 N–H and O–H groups in total. The molecule has 0 spiro atoms. The van der Waals surface area contributed by atoms with E-state index in [2.05, 4.69) is 0 Å². The van der Waals surface area contributed by atoms with Gasteiger partial charge in [0, 0.05) is 23.4 Å². The van der Waals surface area contributed by atoms with Crippen molar-refractivity contribution in [2.45, 2.75) is 45.4 Å². The zero-order valence-electron chi connectivity index (χ0n) is 12.2. The zero-order valence-corrected chi connectivity index (χ0v) is 13.7. The average molecular weight is 331 g/mol. The molecule has 0 saturated carbocycles. The molecule has 0 aliphatic heterocycles. The number of esters is 1. The Labute approximate surface area is 135 Å². The van der Waals surface area contributed by atoms with Gasteiger partial charge in [0.15, 0.2) is 5.78 Å². The number of carbonyl (C=O) groups is 2. The molecule has 3 nitrogen and oxygen atoms in total. The number of ether oxygens (including phenoxy) is 1. The average Bonchev–Trinajstić information content (AvgIpc) is 2.42. The minimum Gasteiger partial charge on any atom is -0.466 e. The molecule has 0 bridgehead atoms. The number of rotatable bonds is 9. The first-order valence-corrected chi connectivity index (χ1v) is 7.94. The standard InChI is InChI=1S/C16H20Cl2O3/c1-2-21-16(20)8-6-4-3-5-7-15(19)13-10-9-12(17)11-14(13)18/h9-11H,2-8H2,1H3. The van der Waals surface area contributed by atoms with Crippen LogP contribution in [0, 0.1) is 0 Å². The molecular weight excluding hydrogens is 311 g/mol. The number of Topliss-reactive ketones (excluding diaryl/α,β-unsaturated/α-hetero) is 1. The molecule has 0 aliphatic rings. The maximum Gasteiger partial charge on any atom is 0.305 e. The number of ketones is 1. The second-order valence-corrected chi connectivity index (χ2v) is 5.61. The monoisotopic (exact) mass is 330 g/mol. The Bertz CT molecular complexity index is 486. The fourth-order valence-electron chi connectivity index (χ4n) is 1.99. The van der Waals surface area contributed by atoms with Crippen molar-refractivity contribution >= 4 is 35.0 Å². The fourth-order valence-corrected chi connectivity index (χ4v) is 2.51. The van der Waals surface area contributed by atoms with Gasteiger partial charge in [-0.2, -0.15) is 0 Å². The van der Waals surface area contributed by atoms with E-state index < -0.39 is 0 Å². The van der Waals surface area contributed by atoms with Crippen LogP contribution in [-0.4, -0.2) is 18.4 Å². The summed E-state index contributed by atoms with van der Waals surface area (Å²) in [6.07, 6.45) is 4.33. The van der Waals surface area contributed by atoms with Crippen molar-refractivity contribution in [3.63, 3.8) is 0 Å². The Hall–Kier alpha value is -1.06. The van der Waals surface area contributed by atoms with Gasteiger partial charge in [0.25, 0.3) is 0 Å². The van der Waals surface area contributed by atoms with Crippen LogP contribution in [0.5, 0.6) is 0 Å². The number of halogens is 2. The lowest BCUT2D eigenvalue weighted by molar-refractivity contribution is -0.143. The highest BCUT2D eigenvalue weighted by Crippen LogP contribution is 2.23. The van der Waals surface area contributed by atoms with Crippen molar-refractivity contribution in [3.8, 4) is 0 Å². The zero-order chi connectivity index (χ0) is 15.7. The highest BCUT2D eigenvalue weighted by molar-refractivity contribution is 6.36. The van der Waals surface area contributed by atoms with Crippen LogP contribution in [0.2, 0.25) is 10.0 Å². The van der Waals surface area contributed by atoms with Crippen LogP contribution in [-0.2, 0) is 9.53 Å². The predicted molar refractivity (Wildman–Crippen MR) is 85.1 cm³/mol. The Kier molecular flexibility index (Phi) is 8.40. The van der Waals surface area contributed by atoms with Gasteiger partial charge in [0.05, 0.1) is 11.6 Å². The Morgan fingerprint density at radius 3 is 2.33 bits per heavy atom. The summed E-state index contributed by atoms with van der Waals surface area (Å²) in [5.74, 6) is -0.122. The van der Waals surface area contributed by atoms with Crippen molar-refractivity contribution in [3.05, 3.63) is 33.8 Å². The van der Waals surface area contributed by atoms with Gasteiger partial charge in [-0.05, 0) is 38.0 Å². The van der Waals surface area contributed by atoms with E-state index in [1.54, 1.807) is 25.1 Å². The molecule has 1 aromatic carbocycles. The summed E-state index contributed by atoms with van der Waals surface area (Å²) in [4.78, 5) is 23.1. The molecular formula is C16H20Cl2O3. The van der Waals surface area contributed by atoms with Gasteiger partial charge in [0.2, 0.25) is 0 Å². The molecule has 0 aromatic heterocycles. The number of hydrogen-bond donors (Lipinski definition) is 0. The van der Waals surface area contributed by atoms with E-state index >= 15 is 0 Å². The molecule has 0 saturated heterocycles. The van der Waals surface area contributed by atoms with Crippen molar-refractivity contribution in [1.29, 1.82) is 0 Å². The van der Waals surface area contributed by atoms with E-state index in [9.17, 15) is 9.59 Å². The Balaban J connectivity index is 2.21. The van der Waals surface area contributed by atoms with E-state index in [-0.39, 0.29) is 11.8 Å². The minimum absolute atomic E-state index is 0.0297. The molecule has 0 atom stereocenters. The number of benzene rings is 1. The van der Waals surface area contributed by atoms with Gasteiger partial charge >= 0.3 is 5.97 Å². The molecule has 0 heterocycles. The molecule has 0 unspecified atom stereocenters. The van der Waals surface area contributed by atoms with Crippen molar-refractivity contribution in [2.75, 3.05) is 6.61 Å². The van der Waals surface area contributed by atoms with Crippen LogP contribution in [0.4, 0.5) is 0 Å². The SMILES string of the molecule is CCOC(=O)CCCCCCC(=O)c1ccc(Cl)cc1Cl. The second-order valence-electron chi connectivity index (χ2n) is 4.77. The number of unbranched alkanes of at least 4 members (excludes halogenated alkanes) is 3. The van der Waals surface area contributed by atoms with Gasteiger partial charge in [-0.1, -0.05) is 36.0 Å². The first-order chi connectivity index (χ1) is 10.0. The summed E-state index contributed by atoms with van der Waals surface area (Å²) in [6.45, 7) is 2.22. The predicted octanol–water partition coefficient (Wildman–Crippen LogP) is 5.08. The molecule has 116 valence electrons. The Morgan fingerprint density at radius 2 is 1.71 bits per heavy atom. The van der Waals surface area contributed by atoms with Crippen LogP contribution < -0.4 is 0 Å². The Morgan fingerprint density at radius 1 is 1.05 bits per heavy atom. The molecule has 0 radical (unpaired) electrons. The normalized spacial score (nSPS) is 10.4. The van der Waals surface area contributed by atoms with Crippen molar-refractivity contribution < 1.29 is 14.3 Å². The lowest BCUT2D eigenvalue weighted by atomic mass is 10.0. The molecule has 0 aliphatic carbocycles. The topological polar surface area (TPSA) is 43.4 Å². The first kappa shape index (κ1) is 18.0. The summed E-state index contributed by atoms with van der Waals surface area (Å²) in [5, 5.41) is 0.922. The van der Waals surface area contributed by atoms with Crippen LogP contribution in [0.15, 0.2) is 18.2 Å². The third-order valence-corrected chi connectivity index (χ3v) is 3.62.